The Morgan fingerprint density at radius 1 is 1.29 bits per heavy atom. The zero-order chi connectivity index (χ0) is 12.7. The second-order valence-electron chi connectivity index (χ2n) is 4.59. The Hall–Kier alpha value is -0.930. The average Bonchev–Trinajstić information content (AvgIpc) is 2.33. The van der Waals surface area contributed by atoms with Crippen molar-refractivity contribution in [1.82, 2.24) is 5.43 Å². The first kappa shape index (κ1) is 14.1. The Morgan fingerprint density at radius 3 is 2.71 bits per heavy atom. The number of nitrogens with two attached hydrogens (primary N) is 1. The van der Waals surface area contributed by atoms with E-state index in [-0.39, 0.29) is 11.9 Å². The van der Waals surface area contributed by atoms with Gasteiger partial charge in [0.15, 0.2) is 0 Å². The summed E-state index contributed by atoms with van der Waals surface area (Å²) in [6, 6.07) is 5.09. The number of rotatable bonds is 7. The summed E-state index contributed by atoms with van der Waals surface area (Å²) < 4.78 is 13.7. The second-order valence-corrected chi connectivity index (χ2v) is 4.59. The molecular formula is C14H23FN2. The van der Waals surface area contributed by atoms with Gasteiger partial charge in [-0.15, -0.1) is 0 Å². The summed E-state index contributed by atoms with van der Waals surface area (Å²) >= 11 is 0. The minimum Gasteiger partial charge on any atom is -0.271 e. The molecule has 0 heterocycles. The third kappa shape index (κ3) is 4.44. The molecule has 1 atom stereocenters. The van der Waals surface area contributed by atoms with Crippen molar-refractivity contribution < 1.29 is 4.39 Å². The lowest BCUT2D eigenvalue weighted by Crippen LogP contribution is -2.28. The van der Waals surface area contributed by atoms with Crippen LogP contribution in [0.2, 0.25) is 0 Å². The van der Waals surface area contributed by atoms with E-state index < -0.39 is 0 Å². The summed E-state index contributed by atoms with van der Waals surface area (Å²) in [5.74, 6) is 5.35. The molecule has 0 aliphatic rings. The molecule has 96 valence electrons. The fraction of sp³-hybridized carbons (Fsp3) is 0.571. The average molecular weight is 238 g/mol. The third-order valence-corrected chi connectivity index (χ3v) is 3.07. The normalized spacial score (nSPS) is 12.7. The van der Waals surface area contributed by atoms with E-state index in [1.165, 1.54) is 25.3 Å². The molecule has 0 fully saturated rings. The van der Waals surface area contributed by atoms with Crippen LogP contribution in [0.5, 0.6) is 0 Å². The molecule has 0 radical (unpaired) electrons. The first-order valence-corrected chi connectivity index (χ1v) is 6.41. The van der Waals surface area contributed by atoms with Crippen molar-refractivity contribution in [1.29, 1.82) is 0 Å². The van der Waals surface area contributed by atoms with Crippen molar-refractivity contribution in [3.05, 3.63) is 35.1 Å². The van der Waals surface area contributed by atoms with E-state index in [1.54, 1.807) is 6.07 Å². The van der Waals surface area contributed by atoms with Crippen LogP contribution in [0.4, 0.5) is 4.39 Å². The summed E-state index contributed by atoms with van der Waals surface area (Å²) in [4.78, 5) is 0. The Kier molecular flexibility index (Phi) is 6.16. The Labute approximate surface area is 103 Å². The Balaban J connectivity index is 2.62. The van der Waals surface area contributed by atoms with Crippen molar-refractivity contribution in [2.75, 3.05) is 0 Å². The monoisotopic (exact) mass is 238 g/mol. The highest BCUT2D eigenvalue weighted by atomic mass is 19.1. The van der Waals surface area contributed by atoms with Crippen LogP contribution in [-0.2, 0) is 0 Å². The van der Waals surface area contributed by atoms with Gasteiger partial charge in [0.2, 0.25) is 0 Å². The van der Waals surface area contributed by atoms with Crippen molar-refractivity contribution in [2.45, 2.75) is 52.0 Å². The van der Waals surface area contributed by atoms with E-state index in [4.69, 9.17) is 5.84 Å². The quantitative estimate of drug-likeness (QED) is 0.432. The Bertz CT molecular complexity index is 339. The molecule has 1 unspecified atom stereocenters. The number of unbranched alkanes of at least 4 members (excludes halogenated alkanes) is 3. The van der Waals surface area contributed by atoms with Gasteiger partial charge in [-0.2, -0.15) is 0 Å². The van der Waals surface area contributed by atoms with Crippen LogP contribution >= 0.6 is 0 Å². The Morgan fingerprint density at radius 2 is 2.06 bits per heavy atom. The van der Waals surface area contributed by atoms with Crippen LogP contribution in [0.3, 0.4) is 0 Å². The highest BCUT2D eigenvalue weighted by Gasteiger charge is 2.13. The van der Waals surface area contributed by atoms with Gasteiger partial charge in [0.25, 0.3) is 0 Å². The molecule has 0 spiro atoms. The van der Waals surface area contributed by atoms with Crippen molar-refractivity contribution >= 4 is 0 Å². The molecule has 0 bridgehead atoms. The summed E-state index contributed by atoms with van der Waals surface area (Å²) in [6.07, 6.45) is 5.59. The molecule has 1 aromatic rings. The van der Waals surface area contributed by atoms with E-state index in [0.717, 1.165) is 18.4 Å². The minimum absolute atomic E-state index is 0.0771. The lowest BCUT2D eigenvalue weighted by molar-refractivity contribution is 0.460. The highest BCUT2D eigenvalue weighted by Crippen LogP contribution is 2.23. The number of aryl methyl sites for hydroxylation is 1. The number of benzene rings is 1. The smallest absolute Gasteiger partial charge is 0.128 e. The largest absolute Gasteiger partial charge is 0.271 e. The maximum absolute atomic E-state index is 13.7. The van der Waals surface area contributed by atoms with Crippen molar-refractivity contribution in [3.63, 3.8) is 0 Å². The summed E-state index contributed by atoms with van der Waals surface area (Å²) in [5, 5.41) is 0. The fourth-order valence-electron chi connectivity index (χ4n) is 2.03. The van der Waals surface area contributed by atoms with Gasteiger partial charge >= 0.3 is 0 Å². The first-order chi connectivity index (χ1) is 8.19. The third-order valence-electron chi connectivity index (χ3n) is 3.07. The molecule has 17 heavy (non-hydrogen) atoms. The lowest BCUT2D eigenvalue weighted by Gasteiger charge is -2.17. The molecule has 3 N–H and O–H groups in total. The fourth-order valence-corrected chi connectivity index (χ4v) is 2.03. The number of halogens is 1. The molecule has 3 heteroatoms. The van der Waals surface area contributed by atoms with Crippen LogP contribution in [-0.4, -0.2) is 0 Å². The molecule has 0 saturated carbocycles. The molecule has 0 amide bonds. The predicted octanol–water partition coefficient (Wildman–Crippen LogP) is 3.61. The van der Waals surface area contributed by atoms with Crippen LogP contribution in [0.1, 0.15) is 56.2 Å². The van der Waals surface area contributed by atoms with Gasteiger partial charge in [0, 0.05) is 11.6 Å². The first-order valence-electron chi connectivity index (χ1n) is 6.41. The molecule has 1 aromatic carbocycles. The van der Waals surface area contributed by atoms with E-state index in [1.807, 2.05) is 13.0 Å². The maximum Gasteiger partial charge on any atom is 0.128 e. The molecular weight excluding hydrogens is 215 g/mol. The van der Waals surface area contributed by atoms with Crippen molar-refractivity contribution in [3.8, 4) is 0 Å². The van der Waals surface area contributed by atoms with Gasteiger partial charge in [-0.25, -0.2) is 4.39 Å². The molecule has 0 saturated heterocycles. The summed E-state index contributed by atoms with van der Waals surface area (Å²) in [6.45, 7) is 4.15. The zero-order valence-corrected chi connectivity index (χ0v) is 10.8. The topological polar surface area (TPSA) is 38.0 Å². The molecule has 0 aliphatic carbocycles. The zero-order valence-electron chi connectivity index (χ0n) is 10.8. The van der Waals surface area contributed by atoms with E-state index >= 15 is 0 Å². The predicted molar refractivity (Wildman–Crippen MR) is 70.0 cm³/mol. The lowest BCUT2D eigenvalue weighted by atomic mass is 9.98. The van der Waals surface area contributed by atoms with Crippen LogP contribution < -0.4 is 11.3 Å². The van der Waals surface area contributed by atoms with Gasteiger partial charge in [-0.1, -0.05) is 50.3 Å². The van der Waals surface area contributed by atoms with Gasteiger partial charge in [0.1, 0.15) is 5.82 Å². The summed E-state index contributed by atoms with van der Waals surface area (Å²) in [5.41, 5.74) is 4.47. The van der Waals surface area contributed by atoms with E-state index in [2.05, 4.69) is 12.3 Å². The molecule has 0 aliphatic heterocycles. The van der Waals surface area contributed by atoms with Gasteiger partial charge in [-0.3, -0.25) is 11.3 Å². The maximum atomic E-state index is 13.7. The van der Waals surface area contributed by atoms with Gasteiger partial charge in [-0.05, 0) is 19.4 Å². The second kappa shape index (κ2) is 7.41. The SMILES string of the molecule is CCCCCCC(NN)c1cc(C)ccc1F. The van der Waals surface area contributed by atoms with Crippen LogP contribution in [0, 0.1) is 12.7 Å². The van der Waals surface area contributed by atoms with Crippen molar-refractivity contribution in [2.24, 2.45) is 5.84 Å². The number of nitrogens with one attached hydrogen (secondary N) is 1. The van der Waals surface area contributed by atoms with E-state index in [0.29, 0.717) is 5.56 Å². The van der Waals surface area contributed by atoms with Crippen LogP contribution in [0.15, 0.2) is 18.2 Å². The number of hydrogen-bond acceptors (Lipinski definition) is 2. The standard InChI is InChI=1S/C14H23FN2/c1-3-4-5-6-7-14(17-16)12-10-11(2)8-9-13(12)15/h8-10,14,17H,3-7,16H2,1-2H3. The van der Waals surface area contributed by atoms with Gasteiger partial charge in [0.05, 0.1) is 0 Å². The van der Waals surface area contributed by atoms with E-state index in [9.17, 15) is 4.39 Å². The number of hydrogen-bond donors (Lipinski definition) is 2. The molecule has 0 aromatic heterocycles. The molecule has 1 rings (SSSR count). The highest BCUT2D eigenvalue weighted by molar-refractivity contribution is 5.26. The minimum atomic E-state index is -0.172. The van der Waals surface area contributed by atoms with Crippen LogP contribution in [0.25, 0.3) is 0 Å². The van der Waals surface area contributed by atoms with Gasteiger partial charge < -0.3 is 0 Å². The molecule has 2 nitrogen and oxygen atoms in total. The number of hydrazine groups is 1. The summed E-state index contributed by atoms with van der Waals surface area (Å²) in [7, 11) is 0.